The summed E-state index contributed by atoms with van der Waals surface area (Å²) >= 11 is 3.71. The van der Waals surface area contributed by atoms with Gasteiger partial charge in [0.25, 0.3) is 0 Å². The van der Waals surface area contributed by atoms with Crippen molar-refractivity contribution >= 4 is 21.6 Å². The van der Waals surface area contributed by atoms with Crippen LogP contribution < -0.4 is 10.2 Å². The number of anilines is 1. The van der Waals surface area contributed by atoms with Crippen LogP contribution in [0.3, 0.4) is 0 Å². The van der Waals surface area contributed by atoms with E-state index in [0.717, 1.165) is 32.5 Å². The third-order valence-corrected chi connectivity index (χ3v) is 4.92. The number of benzene rings is 1. The van der Waals surface area contributed by atoms with Gasteiger partial charge >= 0.3 is 0 Å². The van der Waals surface area contributed by atoms with E-state index < -0.39 is 0 Å². The molecule has 2 rings (SSSR count). The number of piperidine rings is 1. The second kappa shape index (κ2) is 7.61. The molecule has 1 aliphatic heterocycles. The van der Waals surface area contributed by atoms with E-state index in [-0.39, 0.29) is 6.10 Å². The largest absolute Gasteiger partial charge is 0.393 e. The standard InChI is InChI=1S/C17H27BrN2O/c1-12(2)19-11-14-4-5-17(16(18)10-14)20-8-6-15(7-9-20)13(3)21/h4-5,10,12-13,15,19,21H,6-9,11H2,1-3H3. The Kier molecular flexibility index (Phi) is 6.08. The van der Waals surface area contributed by atoms with E-state index >= 15 is 0 Å². The lowest BCUT2D eigenvalue weighted by atomic mass is 9.92. The molecule has 3 nitrogen and oxygen atoms in total. The molecule has 2 N–H and O–H groups in total. The van der Waals surface area contributed by atoms with Gasteiger partial charge in [-0.15, -0.1) is 0 Å². The summed E-state index contributed by atoms with van der Waals surface area (Å²) in [5, 5.41) is 13.1. The molecule has 118 valence electrons. The molecule has 0 radical (unpaired) electrons. The van der Waals surface area contributed by atoms with Crippen LogP contribution in [0.5, 0.6) is 0 Å². The van der Waals surface area contributed by atoms with Crippen molar-refractivity contribution in [1.29, 1.82) is 0 Å². The summed E-state index contributed by atoms with van der Waals surface area (Å²) in [6, 6.07) is 7.13. The Morgan fingerprint density at radius 1 is 1.29 bits per heavy atom. The molecule has 0 spiro atoms. The Hall–Kier alpha value is -0.580. The summed E-state index contributed by atoms with van der Waals surface area (Å²) in [6.07, 6.45) is 1.96. The van der Waals surface area contributed by atoms with Gasteiger partial charge in [-0.05, 0) is 59.3 Å². The van der Waals surface area contributed by atoms with E-state index in [9.17, 15) is 5.11 Å². The molecule has 0 aliphatic carbocycles. The van der Waals surface area contributed by atoms with Crippen molar-refractivity contribution in [3.8, 4) is 0 Å². The lowest BCUT2D eigenvalue weighted by Gasteiger charge is -2.35. The lowest BCUT2D eigenvalue weighted by Crippen LogP contribution is -2.37. The van der Waals surface area contributed by atoms with E-state index in [4.69, 9.17) is 0 Å². The van der Waals surface area contributed by atoms with Crippen LogP contribution in [-0.4, -0.2) is 30.3 Å². The summed E-state index contributed by atoms with van der Waals surface area (Å²) in [5.41, 5.74) is 2.57. The molecule has 1 atom stereocenters. The SMILES string of the molecule is CC(C)NCc1ccc(N2CCC(C(C)O)CC2)c(Br)c1. The van der Waals surface area contributed by atoms with Crippen LogP contribution in [0.2, 0.25) is 0 Å². The maximum absolute atomic E-state index is 9.69. The van der Waals surface area contributed by atoms with Crippen molar-refractivity contribution in [1.82, 2.24) is 5.32 Å². The van der Waals surface area contributed by atoms with Crippen molar-refractivity contribution in [3.05, 3.63) is 28.2 Å². The number of nitrogens with one attached hydrogen (secondary N) is 1. The molecule has 0 aromatic heterocycles. The molecule has 1 fully saturated rings. The smallest absolute Gasteiger partial charge is 0.0541 e. The quantitative estimate of drug-likeness (QED) is 0.848. The summed E-state index contributed by atoms with van der Waals surface area (Å²) < 4.78 is 1.17. The number of aliphatic hydroxyl groups excluding tert-OH is 1. The maximum atomic E-state index is 9.69. The van der Waals surface area contributed by atoms with Crippen LogP contribution in [0.1, 0.15) is 39.2 Å². The van der Waals surface area contributed by atoms with Gasteiger partial charge in [0, 0.05) is 30.1 Å². The predicted molar refractivity (Wildman–Crippen MR) is 92.7 cm³/mol. The van der Waals surface area contributed by atoms with Gasteiger partial charge < -0.3 is 15.3 Å². The van der Waals surface area contributed by atoms with Crippen molar-refractivity contribution in [2.24, 2.45) is 5.92 Å². The van der Waals surface area contributed by atoms with Crippen LogP contribution in [-0.2, 0) is 6.54 Å². The second-order valence-corrected chi connectivity index (χ2v) is 7.24. The third kappa shape index (κ3) is 4.70. The van der Waals surface area contributed by atoms with E-state index in [2.05, 4.69) is 58.2 Å². The molecule has 21 heavy (non-hydrogen) atoms. The predicted octanol–water partition coefficient (Wildman–Crippen LogP) is 3.54. The molecule has 0 bridgehead atoms. The van der Waals surface area contributed by atoms with Gasteiger partial charge in [0.2, 0.25) is 0 Å². The second-order valence-electron chi connectivity index (χ2n) is 6.39. The number of hydrogen-bond acceptors (Lipinski definition) is 3. The minimum absolute atomic E-state index is 0.180. The Balaban J connectivity index is 1.98. The Morgan fingerprint density at radius 3 is 2.48 bits per heavy atom. The molecular weight excluding hydrogens is 328 g/mol. The highest BCUT2D eigenvalue weighted by Crippen LogP contribution is 2.31. The van der Waals surface area contributed by atoms with Gasteiger partial charge in [0.1, 0.15) is 0 Å². The summed E-state index contributed by atoms with van der Waals surface area (Å²) in [6.45, 7) is 9.19. The van der Waals surface area contributed by atoms with Crippen LogP contribution in [0.25, 0.3) is 0 Å². The van der Waals surface area contributed by atoms with Gasteiger partial charge in [-0.2, -0.15) is 0 Å². The highest BCUT2D eigenvalue weighted by Gasteiger charge is 2.23. The summed E-state index contributed by atoms with van der Waals surface area (Å²) in [7, 11) is 0. The monoisotopic (exact) mass is 354 g/mol. The van der Waals surface area contributed by atoms with Crippen molar-refractivity contribution in [3.63, 3.8) is 0 Å². The first-order chi connectivity index (χ1) is 9.97. The maximum Gasteiger partial charge on any atom is 0.0541 e. The first-order valence-corrected chi connectivity index (χ1v) is 8.71. The fourth-order valence-corrected chi connectivity index (χ4v) is 3.54. The van der Waals surface area contributed by atoms with Crippen LogP contribution in [0, 0.1) is 5.92 Å². The van der Waals surface area contributed by atoms with Crippen LogP contribution in [0.15, 0.2) is 22.7 Å². The highest BCUT2D eigenvalue weighted by atomic mass is 79.9. The van der Waals surface area contributed by atoms with E-state index in [1.54, 1.807) is 0 Å². The highest BCUT2D eigenvalue weighted by molar-refractivity contribution is 9.10. The Labute approximate surface area is 136 Å². The number of aliphatic hydroxyl groups is 1. The minimum atomic E-state index is -0.180. The average Bonchev–Trinajstić information content (AvgIpc) is 2.45. The van der Waals surface area contributed by atoms with Gasteiger partial charge in [0.15, 0.2) is 0 Å². The first kappa shape index (κ1) is 16.8. The van der Waals surface area contributed by atoms with Crippen LogP contribution in [0.4, 0.5) is 5.69 Å². The minimum Gasteiger partial charge on any atom is -0.393 e. The Morgan fingerprint density at radius 2 is 1.95 bits per heavy atom. The summed E-state index contributed by atoms with van der Waals surface area (Å²) in [5.74, 6) is 0.453. The van der Waals surface area contributed by atoms with E-state index in [1.807, 2.05) is 6.92 Å². The third-order valence-electron chi connectivity index (χ3n) is 4.29. The van der Waals surface area contributed by atoms with Gasteiger partial charge in [-0.1, -0.05) is 19.9 Å². The number of nitrogens with zero attached hydrogens (tertiary/aromatic N) is 1. The molecule has 0 amide bonds. The molecule has 1 unspecified atom stereocenters. The van der Waals surface area contributed by atoms with E-state index in [0.29, 0.717) is 12.0 Å². The topological polar surface area (TPSA) is 35.5 Å². The average molecular weight is 355 g/mol. The number of halogens is 1. The molecular formula is C17H27BrN2O. The van der Waals surface area contributed by atoms with Crippen LogP contribution >= 0.6 is 15.9 Å². The molecule has 1 heterocycles. The van der Waals surface area contributed by atoms with Gasteiger partial charge in [-0.3, -0.25) is 0 Å². The molecule has 1 aliphatic rings. The first-order valence-electron chi connectivity index (χ1n) is 7.92. The number of hydrogen-bond donors (Lipinski definition) is 2. The molecule has 4 heteroatoms. The van der Waals surface area contributed by atoms with E-state index in [1.165, 1.54) is 15.7 Å². The fourth-order valence-electron chi connectivity index (χ4n) is 2.86. The Bertz CT molecular complexity index is 454. The molecule has 1 aromatic carbocycles. The van der Waals surface area contributed by atoms with Crippen molar-refractivity contribution in [2.45, 2.75) is 52.3 Å². The van der Waals surface area contributed by atoms with Gasteiger partial charge in [-0.25, -0.2) is 0 Å². The van der Waals surface area contributed by atoms with Gasteiger partial charge in [0.05, 0.1) is 11.8 Å². The fraction of sp³-hybridized carbons (Fsp3) is 0.647. The zero-order valence-electron chi connectivity index (χ0n) is 13.3. The molecule has 1 aromatic rings. The molecule has 0 saturated carbocycles. The normalized spacial score (nSPS) is 18.3. The van der Waals surface area contributed by atoms with Crippen molar-refractivity contribution in [2.75, 3.05) is 18.0 Å². The van der Waals surface area contributed by atoms with Crippen molar-refractivity contribution < 1.29 is 5.11 Å². The summed E-state index contributed by atoms with van der Waals surface area (Å²) in [4.78, 5) is 2.42. The molecule has 1 saturated heterocycles. The zero-order chi connectivity index (χ0) is 15.4. The number of rotatable bonds is 5. The lowest BCUT2D eigenvalue weighted by molar-refractivity contribution is 0.110. The zero-order valence-corrected chi connectivity index (χ0v) is 14.9.